The highest BCUT2D eigenvalue weighted by molar-refractivity contribution is 6.04. The molecule has 0 bridgehead atoms. The number of benzene rings is 3. The average Bonchev–Trinajstić information content (AvgIpc) is 2.74. The van der Waals surface area contributed by atoms with Crippen LogP contribution in [0.1, 0.15) is 15.9 Å². The van der Waals surface area contributed by atoms with E-state index >= 15 is 0 Å². The van der Waals surface area contributed by atoms with Crippen molar-refractivity contribution in [3.63, 3.8) is 0 Å². The third-order valence-electron chi connectivity index (χ3n) is 4.51. The van der Waals surface area contributed by atoms with E-state index in [1.807, 2.05) is 66.7 Å². The zero-order chi connectivity index (χ0) is 18.5. The van der Waals surface area contributed by atoms with Crippen molar-refractivity contribution in [3.8, 4) is 11.3 Å². The quantitative estimate of drug-likeness (QED) is 0.583. The predicted octanol–water partition coefficient (Wildman–Crippen LogP) is 4.27. The van der Waals surface area contributed by atoms with Crippen LogP contribution in [0.3, 0.4) is 0 Å². The molecule has 0 aliphatic rings. The smallest absolute Gasteiger partial charge is 0.251 e. The molecule has 1 N–H and O–H groups in total. The molecule has 4 nitrogen and oxygen atoms in total. The molecule has 0 atom stereocenters. The molecule has 0 aliphatic carbocycles. The highest BCUT2D eigenvalue weighted by Crippen LogP contribution is 2.27. The van der Waals surface area contributed by atoms with Gasteiger partial charge in [-0.2, -0.15) is 0 Å². The summed E-state index contributed by atoms with van der Waals surface area (Å²) < 4.78 is 0. The van der Waals surface area contributed by atoms with Crippen LogP contribution in [-0.2, 0) is 6.42 Å². The second-order valence-electron chi connectivity index (χ2n) is 6.28. The van der Waals surface area contributed by atoms with Gasteiger partial charge in [0, 0.05) is 23.1 Å². The van der Waals surface area contributed by atoms with Crippen molar-refractivity contribution in [2.24, 2.45) is 0 Å². The van der Waals surface area contributed by atoms with Crippen LogP contribution < -0.4 is 5.32 Å². The van der Waals surface area contributed by atoms with Crippen molar-refractivity contribution < 1.29 is 4.79 Å². The lowest BCUT2D eigenvalue weighted by Crippen LogP contribution is -2.26. The van der Waals surface area contributed by atoms with Crippen LogP contribution in [0.15, 0.2) is 85.2 Å². The second kappa shape index (κ2) is 7.79. The van der Waals surface area contributed by atoms with Crippen LogP contribution in [-0.4, -0.2) is 22.4 Å². The summed E-state index contributed by atoms with van der Waals surface area (Å²) in [6.45, 7) is 0.585. The minimum Gasteiger partial charge on any atom is -0.352 e. The summed E-state index contributed by atoms with van der Waals surface area (Å²) >= 11 is 0. The Hall–Kier alpha value is -3.53. The Bertz CT molecular complexity index is 1070. The van der Waals surface area contributed by atoms with Gasteiger partial charge in [-0.3, -0.25) is 4.79 Å². The molecule has 1 amide bonds. The average molecular weight is 353 g/mol. The summed E-state index contributed by atoms with van der Waals surface area (Å²) in [5.41, 5.74) is 4.27. The summed E-state index contributed by atoms with van der Waals surface area (Å²) in [6.07, 6.45) is 2.34. The fourth-order valence-corrected chi connectivity index (χ4v) is 3.17. The first-order valence-corrected chi connectivity index (χ1v) is 8.94. The zero-order valence-corrected chi connectivity index (χ0v) is 14.8. The molecule has 132 valence electrons. The van der Waals surface area contributed by atoms with Gasteiger partial charge in [-0.05, 0) is 24.1 Å². The van der Waals surface area contributed by atoms with E-state index in [-0.39, 0.29) is 5.91 Å². The summed E-state index contributed by atoms with van der Waals surface area (Å²) in [6, 6.07) is 25.5. The van der Waals surface area contributed by atoms with Crippen molar-refractivity contribution >= 4 is 16.8 Å². The van der Waals surface area contributed by atoms with Gasteiger partial charge < -0.3 is 5.32 Å². The number of hydrogen-bond acceptors (Lipinski definition) is 3. The Balaban J connectivity index is 1.60. The van der Waals surface area contributed by atoms with Gasteiger partial charge in [0.05, 0.1) is 11.2 Å². The van der Waals surface area contributed by atoms with Crippen molar-refractivity contribution in [2.75, 3.05) is 6.54 Å². The number of amides is 1. The third kappa shape index (κ3) is 3.70. The minimum absolute atomic E-state index is 0.0933. The lowest BCUT2D eigenvalue weighted by Gasteiger charge is -2.11. The highest BCUT2D eigenvalue weighted by Gasteiger charge is 2.15. The predicted molar refractivity (Wildman–Crippen MR) is 107 cm³/mol. The number of carbonyl (C=O) groups excluding carboxylic acids is 1. The van der Waals surface area contributed by atoms with Crippen LogP contribution in [0, 0.1) is 0 Å². The number of carbonyl (C=O) groups is 1. The van der Waals surface area contributed by atoms with Crippen LogP contribution in [0.25, 0.3) is 22.2 Å². The normalized spacial score (nSPS) is 10.7. The number of para-hydroxylation sites is 1. The Morgan fingerprint density at radius 3 is 2.44 bits per heavy atom. The first kappa shape index (κ1) is 16.9. The van der Waals surface area contributed by atoms with Crippen molar-refractivity contribution in [2.45, 2.75) is 6.42 Å². The van der Waals surface area contributed by atoms with Crippen molar-refractivity contribution in [3.05, 3.63) is 96.3 Å². The maximum atomic E-state index is 12.8. The van der Waals surface area contributed by atoms with E-state index in [4.69, 9.17) is 0 Å². The topological polar surface area (TPSA) is 54.9 Å². The van der Waals surface area contributed by atoms with E-state index in [1.165, 1.54) is 5.56 Å². The molecule has 0 unspecified atom stereocenters. The van der Waals surface area contributed by atoms with Crippen LogP contribution in [0.5, 0.6) is 0 Å². The van der Waals surface area contributed by atoms with Crippen molar-refractivity contribution in [1.82, 2.24) is 15.3 Å². The fourth-order valence-electron chi connectivity index (χ4n) is 3.17. The molecule has 0 radical (unpaired) electrons. The molecule has 3 aromatic carbocycles. The number of fused-ring (bicyclic) bond motifs is 1. The summed E-state index contributed by atoms with van der Waals surface area (Å²) in [4.78, 5) is 21.6. The monoisotopic (exact) mass is 353 g/mol. The SMILES string of the molecule is O=C(NCCc1ccccc1)c1ccccc1-c1ncnc2ccccc12. The van der Waals surface area contributed by atoms with E-state index in [9.17, 15) is 4.79 Å². The van der Waals surface area contributed by atoms with Crippen LogP contribution in [0.4, 0.5) is 0 Å². The van der Waals surface area contributed by atoms with Crippen LogP contribution in [0.2, 0.25) is 0 Å². The number of rotatable bonds is 5. The second-order valence-corrected chi connectivity index (χ2v) is 6.28. The molecule has 1 heterocycles. The number of aromatic nitrogens is 2. The molecule has 4 aromatic rings. The maximum Gasteiger partial charge on any atom is 0.251 e. The van der Waals surface area contributed by atoms with Gasteiger partial charge in [-0.1, -0.05) is 66.7 Å². The summed E-state index contributed by atoms with van der Waals surface area (Å²) in [5, 5.41) is 3.96. The van der Waals surface area contributed by atoms with Crippen molar-refractivity contribution in [1.29, 1.82) is 0 Å². The molecule has 1 aromatic heterocycles. The largest absolute Gasteiger partial charge is 0.352 e. The summed E-state index contributed by atoms with van der Waals surface area (Å²) in [5.74, 6) is -0.0933. The number of nitrogens with one attached hydrogen (secondary N) is 1. The van der Waals surface area contributed by atoms with E-state index < -0.39 is 0 Å². The Morgan fingerprint density at radius 1 is 0.815 bits per heavy atom. The molecule has 27 heavy (non-hydrogen) atoms. The number of nitrogens with zero attached hydrogens (tertiary/aromatic N) is 2. The van der Waals surface area contributed by atoms with Gasteiger partial charge in [0.2, 0.25) is 0 Å². The molecule has 0 fully saturated rings. The maximum absolute atomic E-state index is 12.8. The van der Waals surface area contributed by atoms with Crippen LogP contribution >= 0.6 is 0 Å². The molecule has 0 aliphatic heterocycles. The molecule has 0 saturated carbocycles. The van der Waals surface area contributed by atoms with Gasteiger partial charge in [0.15, 0.2) is 0 Å². The van der Waals surface area contributed by atoms with Gasteiger partial charge in [-0.15, -0.1) is 0 Å². The Labute approximate surface area is 157 Å². The number of hydrogen-bond donors (Lipinski definition) is 1. The molecule has 4 heteroatoms. The molecule has 4 rings (SSSR count). The Morgan fingerprint density at radius 2 is 1.56 bits per heavy atom. The van der Waals surface area contributed by atoms with E-state index in [1.54, 1.807) is 6.33 Å². The summed E-state index contributed by atoms with van der Waals surface area (Å²) in [7, 11) is 0. The van der Waals surface area contributed by atoms with Gasteiger partial charge in [0.1, 0.15) is 6.33 Å². The molecular formula is C23H19N3O. The third-order valence-corrected chi connectivity index (χ3v) is 4.51. The van der Waals surface area contributed by atoms with Gasteiger partial charge in [0.25, 0.3) is 5.91 Å². The van der Waals surface area contributed by atoms with Gasteiger partial charge in [-0.25, -0.2) is 9.97 Å². The zero-order valence-electron chi connectivity index (χ0n) is 14.8. The Kier molecular flexibility index (Phi) is 4.88. The minimum atomic E-state index is -0.0933. The first-order valence-electron chi connectivity index (χ1n) is 8.94. The standard InChI is InChI=1S/C23H19N3O/c27-23(24-15-14-17-8-2-1-3-9-17)19-11-5-4-10-18(19)22-20-12-6-7-13-21(20)25-16-26-22/h1-13,16H,14-15H2,(H,24,27). The van der Waals surface area contributed by atoms with Gasteiger partial charge >= 0.3 is 0 Å². The lowest BCUT2D eigenvalue weighted by molar-refractivity contribution is 0.0955. The fraction of sp³-hybridized carbons (Fsp3) is 0.0870. The molecular weight excluding hydrogens is 334 g/mol. The van der Waals surface area contributed by atoms with E-state index in [0.29, 0.717) is 12.1 Å². The lowest BCUT2D eigenvalue weighted by atomic mass is 10.0. The molecule has 0 spiro atoms. The molecule has 0 saturated heterocycles. The highest BCUT2D eigenvalue weighted by atomic mass is 16.1. The van der Waals surface area contributed by atoms with E-state index in [0.717, 1.165) is 28.6 Å². The van der Waals surface area contributed by atoms with E-state index in [2.05, 4.69) is 27.4 Å². The first-order chi connectivity index (χ1) is 13.3.